The molecule has 0 bridgehead atoms. The Morgan fingerprint density at radius 3 is 2.74 bits per heavy atom. The van der Waals surface area contributed by atoms with Crippen molar-refractivity contribution >= 4 is 6.09 Å². The van der Waals surface area contributed by atoms with Gasteiger partial charge in [0.05, 0.1) is 19.4 Å². The molecule has 0 aliphatic heterocycles. The van der Waals surface area contributed by atoms with Crippen LogP contribution in [0.1, 0.15) is 17.0 Å². The molecule has 1 aromatic heterocycles. The van der Waals surface area contributed by atoms with Gasteiger partial charge in [0.15, 0.2) is 0 Å². The lowest BCUT2D eigenvalue weighted by molar-refractivity contribution is 0.170. The molecule has 6 nitrogen and oxygen atoms in total. The SMILES string of the molecule is COC(=O)NCc1cccc(OCCc2nc(-c3ccccc3)oc2C)c1. The van der Waals surface area contributed by atoms with Gasteiger partial charge in [0.2, 0.25) is 5.89 Å². The predicted octanol–water partition coefficient (Wildman–Crippen LogP) is 4.13. The molecule has 3 aromatic rings. The van der Waals surface area contributed by atoms with Crippen molar-refractivity contribution < 1.29 is 18.7 Å². The van der Waals surface area contributed by atoms with Gasteiger partial charge in [-0.15, -0.1) is 0 Å². The van der Waals surface area contributed by atoms with Crippen LogP contribution in [0, 0.1) is 6.92 Å². The normalized spacial score (nSPS) is 10.4. The molecular weight excluding hydrogens is 344 g/mol. The molecule has 0 spiro atoms. The molecule has 1 N–H and O–H groups in total. The largest absolute Gasteiger partial charge is 0.493 e. The third-order valence-corrected chi connectivity index (χ3v) is 4.04. The van der Waals surface area contributed by atoms with Crippen LogP contribution in [0.2, 0.25) is 0 Å². The first-order valence-electron chi connectivity index (χ1n) is 8.71. The highest BCUT2D eigenvalue weighted by Gasteiger charge is 2.11. The van der Waals surface area contributed by atoms with Gasteiger partial charge in [-0.2, -0.15) is 0 Å². The molecule has 0 saturated carbocycles. The van der Waals surface area contributed by atoms with Crippen molar-refractivity contribution in [1.82, 2.24) is 10.3 Å². The number of aromatic nitrogens is 1. The lowest BCUT2D eigenvalue weighted by Crippen LogP contribution is -2.22. The summed E-state index contributed by atoms with van der Waals surface area (Å²) in [6.45, 7) is 2.77. The van der Waals surface area contributed by atoms with Gasteiger partial charge in [0, 0.05) is 18.5 Å². The van der Waals surface area contributed by atoms with Crippen LogP contribution in [-0.2, 0) is 17.7 Å². The topological polar surface area (TPSA) is 73.6 Å². The Balaban J connectivity index is 1.56. The Hall–Kier alpha value is -3.28. The molecule has 0 saturated heterocycles. The average Bonchev–Trinajstić information content (AvgIpc) is 3.08. The molecule has 3 rings (SSSR count). The Labute approximate surface area is 158 Å². The standard InChI is InChI=1S/C21H22N2O4/c1-15-19(23-20(27-15)17-8-4-3-5-9-17)11-12-26-18-10-6-7-16(13-18)14-22-21(24)25-2/h3-10,13H,11-12,14H2,1-2H3,(H,22,24). The van der Waals surface area contributed by atoms with E-state index in [-0.39, 0.29) is 0 Å². The Bertz CT molecular complexity index is 890. The first-order valence-corrected chi connectivity index (χ1v) is 8.71. The summed E-state index contributed by atoms with van der Waals surface area (Å²) in [5.74, 6) is 2.16. The second kappa shape index (κ2) is 8.89. The number of hydrogen-bond acceptors (Lipinski definition) is 5. The summed E-state index contributed by atoms with van der Waals surface area (Å²) in [5, 5.41) is 2.64. The van der Waals surface area contributed by atoms with E-state index in [1.54, 1.807) is 0 Å². The second-order valence-electron chi connectivity index (χ2n) is 5.98. The first-order chi connectivity index (χ1) is 13.2. The van der Waals surface area contributed by atoms with Gasteiger partial charge >= 0.3 is 6.09 Å². The number of benzene rings is 2. The molecule has 0 unspecified atom stereocenters. The minimum atomic E-state index is -0.461. The van der Waals surface area contributed by atoms with Crippen LogP contribution >= 0.6 is 0 Å². The molecule has 1 amide bonds. The lowest BCUT2D eigenvalue weighted by atomic mass is 10.2. The van der Waals surface area contributed by atoms with E-state index in [2.05, 4.69) is 15.0 Å². The number of oxazole rings is 1. The number of carbonyl (C=O) groups excluding carboxylic acids is 1. The number of methoxy groups -OCH3 is 1. The number of nitrogens with one attached hydrogen (secondary N) is 1. The van der Waals surface area contributed by atoms with Gasteiger partial charge in [-0.1, -0.05) is 30.3 Å². The molecule has 0 aliphatic carbocycles. The number of alkyl carbamates (subject to hydrolysis) is 1. The summed E-state index contributed by atoms with van der Waals surface area (Å²) in [6.07, 6.45) is 0.185. The molecule has 0 fully saturated rings. The highest BCUT2D eigenvalue weighted by atomic mass is 16.5. The van der Waals surface area contributed by atoms with Crippen molar-refractivity contribution in [2.24, 2.45) is 0 Å². The number of rotatable bonds is 7. The van der Waals surface area contributed by atoms with Crippen LogP contribution < -0.4 is 10.1 Å². The fourth-order valence-electron chi connectivity index (χ4n) is 2.62. The van der Waals surface area contributed by atoms with Gasteiger partial charge in [-0.25, -0.2) is 9.78 Å². The lowest BCUT2D eigenvalue weighted by Gasteiger charge is -2.08. The fourth-order valence-corrected chi connectivity index (χ4v) is 2.62. The Morgan fingerprint density at radius 1 is 1.15 bits per heavy atom. The first kappa shape index (κ1) is 18.5. The minimum absolute atomic E-state index is 0.382. The van der Waals surface area contributed by atoms with Gasteiger partial charge in [0.1, 0.15) is 11.5 Å². The highest BCUT2D eigenvalue weighted by Crippen LogP contribution is 2.22. The van der Waals surface area contributed by atoms with Crippen molar-refractivity contribution in [3.8, 4) is 17.2 Å². The number of amides is 1. The van der Waals surface area contributed by atoms with Crippen molar-refractivity contribution in [3.63, 3.8) is 0 Å². The fraction of sp³-hybridized carbons (Fsp3) is 0.238. The van der Waals surface area contributed by atoms with Crippen molar-refractivity contribution in [2.45, 2.75) is 19.9 Å². The molecular formula is C21H22N2O4. The predicted molar refractivity (Wildman–Crippen MR) is 102 cm³/mol. The third-order valence-electron chi connectivity index (χ3n) is 4.04. The molecule has 27 heavy (non-hydrogen) atoms. The number of nitrogens with zero attached hydrogens (tertiary/aromatic N) is 1. The van der Waals surface area contributed by atoms with E-state index < -0.39 is 6.09 Å². The van der Waals surface area contributed by atoms with Crippen molar-refractivity contribution in [3.05, 3.63) is 71.6 Å². The van der Waals surface area contributed by atoms with Crippen LogP contribution in [0.4, 0.5) is 4.79 Å². The zero-order valence-corrected chi connectivity index (χ0v) is 15.4. The van der Waals surface area contributed by atoms with Crippen LogP contribution in [0.25, 0.3) is 11.5 Å². The monoisotopic (exact) mass is 366 g/mol. The Kier molecular flexibility index (Phi) is 6.10. The summed E-state index contributed by atoms with van der Waals surface area (Å²) < 4.78 is 16.2. The van der Waals surface area contributed by atoms with Gasteiger partial charge in [0.25, 0.3) is 0 Å². The maximum atomic E-state index is 11.2. The van der Waals surface area contributed by atoms with E-state index in [1.807, 2.05) is 61.5 Å². The summed E-state index contributed by atoms with van der Waals surface area (Å²) >= 11 is 0. The number of carbonyl (C=O) groups is 1. The molecule has 1 heterocycles. The summed E-state index contributed by atoms with van der Waals surface area (Å²) in [7, 11) is 1.34. The van der Waals surface area contributed by atoms with Gasteiger partial charge < -0.3 is 19.2 Å². The average molecular weight is 366 g/mol. The number of hydrogen-bond donors (Lipinski definition) is 1. The quantitative estimate of drug-likeness (QED) is 0.681. The third kappa shape index (κ3) is 5.10. The zero-order chi connectivity index (χ0) is 19.1. The zero-order valence-electron chi connectivity index (χ0n) is 15.4. The van der Waals surface area contributed by atoms with Gasteiger partial charge in [-0.3, -0.25) is 0 Å². The molecule has 140 valence electrons. The van der Waals surface area contributed by atoms with E-state index in [0.717, 1.165) is 28.3 Å². The van der Waals surface area contributed by atoms with E-state index in [9.17, 15) is 4.79 Å². The van der Waals surface area contributed by atoms with E-state index in [0.29, 0.717) is 25.5 Å². The van der Waals surface area contributed by atoms with Crippen LogP contribution in [0.3, 0.4) is 0 Å². The molecule has 6 heteroatoms. The smallest absolute Gasteiger partial charge is 0.407 e. The van der Waals surface area contributed by atoms with Crippen LogP contribution in [0.15, 0.2) is 59.0 Å². The molecule has 2 aromatic carbocycles. The minimum Gasteiger partial charge on any atom is -0.493 e. The maximum absolute atomic E-state index is 11.2. The summed E-state index contributed by atoms with van der Waals surface area (Å²) in [4.78, 5) is 15.7. The highest BCUT2D eigenvalue weighted by molar-refractivity contribution is 5.66. The van der Waals surface area contributed by atoms with Crippen LogP contribution in [-0.4, -0.2) is 24.8 Å². The van der Waals surface area contributed by atoms with E-state index in [4.69, 9.17) is 9.15 Å². The number of aryl methyl sites for hydroxylation is 1. The second-order valence-corrected chi connectivity index (χ2v) is 5.98. The maximum Gasteiger partial charge on any atom is 0.407 e. The molecule has 0 aliphatic rings. The number of ether oxygens (including phenoxy) is 2. The Morgan fingerprint density at radius 2 is 1.96 bits per heavy atom. The van der Waals surface area contributed by atoms with Gasteiger partial charge in [-0.05, 0) is 36.8 Å². The summed E-state index contributed by atoms with van der Waals surface area (Å²) in [6, 6.07) is 17.4. The van der Waals surface area contributed by atoms with Crippen molar-refractivity contribution in [2.75, 3.05) is 13.7 Å². The van der Waals surface area contributed by atoms with Crippen molar-refractivity contribution in [1.29, 1.82) is 0 Å². The van der Waals surface area contributed by atoms with E-state index >= 15 is 0 Å². The van der Waals surface area contributed by atoms with Crippen LogP contribution in [0.5, 0.6) is 5.75 Å². The molecule has 0 radical (unpaired) electrons. The van der Waals surface area contributed by atoms with E-state index in [1.165, 1.54) is 7.11 Å². The summed E-state index contributed by atoms with van der Waals surface area (Å²) in [5.41, 5.74) is 2.78. The molecule has 0 atom stereocenters.